The molecule has 0 aliphatic heterocycles. The lowest BCUT2D eigenvalue weighted by Gasteiger charge is -2.13. The molecule has 4 aromatic rings. The molecule has 10 heteroatoms. The smallest absolute Gasteiger partial charge is 0.337 e. The molecule has 0 aliphatic rings. The summed E-state index contributed by atoms with van der Waals surface area (Å²) in [5, 5.41) is 0.658. The monoisotopic (exact) mass is 505 g/mol. The Hall–Kier alpha value is -2.94. The van der Waals surface area contributed by atoms with Gasteiger partial charge in [0.05, 0.1) is 32.5 Å². The predicted molar refractivity (Wildman–Crippen MR) is 130 cm³/mol. The molecule has 0 atom stereocenters. The van der Waals surface area contributed by atoms with E-state index in [4.69, 9.17) is 23.2 Å². The van der Waals surface area contributed by atoms with E-state index in [2.05, 4.69) is 0 Å². The Morgan fingerprint density at radius 2 is 1.79 bits per heavy atom. The summed E-state index contributed by atoms with van der Waals surface area (Å²) in [5.74, 6) is -0.776. The molecule has 1 amide bonds. The van der Waals surface area contributed by atoms with Gasteiger partial charge in [-0.25, -0.2) is 13.8 Å². The van der Waals surface area contributed by atoms with Gasteiger partial charge in [-0.15, -0.1) is 11.3 Å². The Balaban J connectivity index is 2.11. The molecule has 170 valence electrons. The molecule has 4 rings (SSSR count). The Bertz CT molecular complexity index is 1540. The maximum Gasteiger partial charge on any atom is 0.337 e. The van der Waals surface area contributed by atoms with E-state index in [1.165, 1.54) is 33.7 Å². The normalized spacial score (nSPS) is 11.2. The van der Waals surface area contributed by atoms with E-state index in [0.29, 0.717) is 15.3 Å². The van der Waals surface area contributed by atoms with Gasteiger partial charge in [-0.3, -0.25) is 14.2 Å². The number of carbonyl (C=O) groups excluding carboxylic acids is 1. The van der Waals surface area contributed by atoms with Gasteiger partial charge in [-0.05, 0) is 36.8 Å². The average Bonchev–Trinajstić information content (AvgIpc) is 3.11. The molecule has 0 radical (unpaired) electrons. The van der Waals surface area contributed by atoms with Gasteiger partial charge in [0.1, 0.15) is 10.6 Å². The van der Waals surface area contributed by atoms with E-state index in [1.807, 2.05) is 0 Å². The van der Waals surface area contributed by atoms with Crippen molar-refractivity contribution in [1.29, 1.82) is 0 Å². The number of carbonyl (C=O) groups is 1. The van der Waals surface area contributed by atoms with Crippen molar-refractivity contribution in [3.05, 3.63) is 95.2 Å². The second kappa shape index (κ2) is 8.78. The molecule has 0 bridgehead atoms. The summed E-state index contributed by atoms with van der Waals surface area (Å²) in [5.41, 5.74) is -0.333. The van der Waals surface area contributed by atoms with Gasteiger partial charge in [0.2, 0.25) is 0 Å². The minimum Gasteiger partial charge on any atom is -0.344 e. The lowest BCUT2D eigenvalue weighted by Crippen LogP contribution is -2.39. The minimum atomic E-state index is -0.681. The molecule has 6 nitrogen and oxygen atoms in total. The van der Waals surface area contributed by atoms with Crippen molar-refractivity contribution in [2.24, 2.45) is 0 Å². The van der Waals surface area contributed by atoms with Crippen LogP contribution in [0.3, 0.4) is 0 Å². The highest BCUT2D eigenvalue weighted by molar-refractivity contribution is 7.20. The molecule has 2 aromatic carbocycles. The van der Waals surface area contributed by atoms with Crippen molar-refractivity contribution in [3.8, 4) is 5.69 Å². The van der Waals surface area contributed by atoms with Crippen molar-refractivity contribution in [3.63, 3.8) is 0 Å². The fourth-order valence-electron chi connectivity index (χ4n) is 3.54. The zero-order valence-corrected chi connectivity index (χ0v) is 20.2. The highest BCUT2D eigenvalue weighted by Crippen LogP contribution is 2.30. The fourth-order valence-corrected chi connectivity index (χ4v) is 5.15. The second-order valence-corrected chi connectivity index (χ2v) is 9.45. The molecule has 33 heavy (non-hydrogen) atoms. The van der Waals surface area contributed by atoms with E-state index in [9.17, 15) is 18.8 Å². The SMILES string of the molecule is Cc1c(C(=O)N(C)C)sc2c1c(=O)n(-c1ccc(Cl)c(Cl)c1)c(=O)n2Cc1ccccc1F. The number of benzene rings is 2. The van der Waals surface area contributed by atoms with Gasteiger partial charge in [0, 0.05) is 19.7 Å². The Labute approximate surface area is 202 Å². The number of rotatable bonds is 4. The lowest BCUT2D eigenvalue weighted by molar-refractivity contribution is 0.0831. The standard InChI is InChI=1S/C23H18Cl2FN3O3S/c1-12-18-20(30)29(14-8-9-15(24)16(25)10-14)23(32)28(11-13-6-4-5-7-17(13)26)22(18)33-19(12)21(31)27(2)3/h4-10H,11H2,1-3H3. The Morgan fingerprint density at radius 1 is 1.09 bits per heavy atom. The molecule has 0 saturated heterocycles. The quantitative estimate of drug-likeness (QED) is 0.403. The first kappa shape index (κ1) is 23.2. The lowest BCUT2D eigenvalue weighted by atomic mass is 10.2. The van der Waals surface area contributed by atoms with E-state index in [0.717, 1.165) is 15.9 Å². The van der Waals surface area contributed by atoms with Crippen LogP contribution in [-0.4, -0.2) is 34.0 Å². The van der Waals surface area contributed by atoms with Gasteiger partial charge in [-0.1, -0.05) is 41.4 Å². The van der Waals surface area contributed by atoms with Gasteiger partial charge < -0.3 is 4.90 Å². The summed E-state index contributed by atoms with van der Waals surface area (Å²) < 4.78 is 16.7. The molecule has 0 saturated carbocycles. The van der Waals surface area contributed by atoms with Crippen LogP contribution in [0.2, 0.25) is 10.0 Å². The zero-order chi connectivity index (χ0) is 24.0. The number of thiophene rings is 1. The summed E-state index contributed by atoms with van der Waals surface area (Å²) in [6.45, 7) is 1.53. The van der Waals surface area contributed by atoms with Crippen molar-refractivity contribution in [2.45, 2.75) is 13.5 Å². The molecule has 0 unspecified atom stereocenters. The third-order valence-corrected chi connectivity index (χ3v) is 7.30. The van der Waals surface area contributed by atoms with Crippen molar-refractivity contribution in [1.82, 2.24) is 14.0 Å². The molecule has 2 aromatic heterocycles. The topological polar surface area (TPSA) is 64.3 Å². The van der Waals surface area contributed by atoms with Crippen LogP contribution in [0.5, 0.6) is 0 Å². The fraction of sp³-hybridized carbons (Fsp3) is 0.174. The maximum absolute atomic E-state index is 14.5. The van der Waals surface area contributed by atoms with E-state index >= 15 is 0 Å². The average molecular weight is 506 g/mol. The minimum absolute atomic E-state index is 0.126. The Kier molecular flexibility index (Phi) is 6.18. The largest absolute Gasteiger partial charge is 0.344 e. The summed E-state index contributed by atoms with van der Waals surface area (Å²) in [6.07, 6.45) is 0. The van der Waals surface area contributed by atoms with E-state index in [-0.39, 0.29) is 39.1 Å². The maximum atomic E-state index is 14.5. The summed E-state index contributed by atoms with van der Waals surface area (Å²) in [7, 11) is 3.21. The summed E-state index contributed by atoms with van der Waals surface area (Å²) >= 11 is 13.2. The van der Waals surface area contributed by atoms with Gasteiger partial charge in [-0.2, -0.15) is 0 Å². The van der Waals surface area contributed by atoms with Crippen molar-refractivity contribution < 1.29 is 9.18 Å². The predicted octanol–water partition coefficient (Wildman–Crippen LogP) is 4.72. The first-order chi connectivity index (χ1) is 15.6. The van der Waals surface area contributed by atoms with Crippen LogP contribution in [0.1, 0.15) is 20.8 Å². The first-order valence-electron chi connectivity index (χ1n) is 9.81. The third-order valence-electron chi connectivity index (χ3n) is 5.26. The van der Waals surface area contributed by atoms with Crippen molar-refractivity contribution in [2.75, 3.05) is 14.1 Å². The van der Waals surface area contributed by atoms with E-state index in [1.54, 1.807) is 39.2 Å². The summed E-state index contributed by atoms with van der Waals surface area (Å²) in [4.78, 5) is 41.9. The van der Waals surface area contributed by atoms with Crippen molar-refractivity contribution >= 4 is 50.7 Å². The van der Waals surface area contributed by atoms with Crippen LogP contribution in [-0.2, 0) is 6.54 Å². The van der Waals surface area contributed by atoms with Crippen LogP contribution < -0.4 is 11.2 Å². The number of aryl methyl sites for hydroxylation is 1. The van der Waals surface area contributed by atoms with Gasteiger partial charge >= 0.3 is 5.69 Å². The molecule has 0 aliphatic carbocycles. The number of nitrogens with zero attached hydrogens (tertiary/aromatic N) is 3. The van der Waals surface area contributed by atoms with Crippen LogP contribution >= 0.6 is 34.5 Å². The van der Waals surface area contributed by atoms with Crippen LogP contribution in [0.25, 0.3) is 15.9 Å². The second-order valence-electron chi connectivity index (χ2n) is 7.64. The number of amides is 1. The zero-order valence-electron chi connectivity index (χ0n) is 17.9. The highest BCUT2D eigenvalue weighted by Gasteiger charge is 2.25. The van der Waals surface area contributed by atoms with Gasteiger partial charge in [0.15, 0.2) is 0 Å². The Morgan fingerprint density at radius 3 is 2.42 bits per heavy atom. The molecule has 0 spiro atoms. The molecular weight excluding hydrogens is 488 g/mol. The van der Waals surface area contributed by atoms with Crippen LogP contribution in [0.15, 0.2) is 52.1 Å². The highest BCUT2D eigenvalue weighted by atomic mass is 35.5. The molecule has 0 N–H and O–H groups in total. The van der Waals surface area contributed by atoms with Crippen LogP contribution in [0, 0.1) is 12.7 Å². The number of hydrogen-bond acceptors (Lipinski definition) is 4. The third kappa shape index (κ3) is 3.99. The molecule has 2 heterocycles. The first-order valence-corrected chi connectivity index (χ1v) is 11.4. The van der Waals surface area contributed by atoms with Crippen LogP contribution in [0.4, 0.5) is 4.39 Å². The van der Waals surface area contributed by atoms with Gasteiger partial charge in [0.25, 0.3) is 11.5 Å². The molecule has 0 fully saturated rings. The number of hydrogen-bond donors (Lipinski definition) is 0. The molecular formula is C23H18Cl2FN3O3S. The summed E-state index contributed by atoms with van der Waals surface area (Å²) in [6, 6.07) is 10.5. The number of aromatic nitrogens is 2. The van der Waals surface area contributed by atoms with E-state index < -0.39 is 17.1 Å². The number of halogens is 3. The number of fused-ring (bicyclic) bond motifs is 1.